The van der Waals surface area contributed by atoms with Crippen LogP contribution >= 0.6 is 11.3 Å². The molecule has 0 fully saturated rings. The molecular weight excluding hydrogens is 583 g/mol. The first-order chi connectivity index (χ1) is 22.8. The lowest BCUT2D eigenvalue weighted by atomic mass is 9.70. The van der Waals surface area contributed by atoms with Crippen LogP contribution in [0.1, 0.15) is 22.3 Å². The Hall–Kier alpha value is -5.85. The van der Waals surface area contributed by atoms with Crippen molar-refractivity contribution in [3.05, 3.63) is 162 Å². The Balaban J connectivity index is 1.26. The zero-order valence-corrected chi connectivity index (χ0v) is 25.2. The van der Waals surface area contributed by atoms with Gasteiger partial charge in [-0.3, -0.25) is 9.97 Å². The van der Waals surface area contributed by atoms with E-state index in [0.717, 1.165) is 16.7 Å². The summed E-state index contributed by atoms with van der Waals surface area (Å²) in [6.07, 6.45) is 7.09. The first kappa shape index (κ1) is 25.5. The molecule has 0 saturated carbocycles. The standard InChI is InChI=1S/C40H23N5S/c1-4-14-31-27(11-1)28-12-2-5-15-32(28)40(31)33-18-17-24(21-30(33)36-35(40)29-13-3-6-16-34(29)46-36)37-43-38(25-9-7-19-41-22-25)45-39(44-37)26-10-8-20-42-23-26/h1-23H. The summed E-state index contributed by atoms with van der Waals surface area (Å²) >= 11 is 1.87. The number of hydrogen-bond donors (Lipinski definition) is 0. The molecule has 0 bridgehead atoms. The van der Waals surface area contributed by atoms with E-state index in [2.05, 4.69) is 101 Å². The highest BCUT2D eigenvalue weighted by Crippen LogP contribution is 2.66. The summed E-state index contributed by atoms with van der Waals surface area (Å²) < 4.78 is 1.29. The molecule has 2 aliphatic carbocycles. The average Bonchev–Trinajstić information content (AvgIpc) is 3.76. The van der Waals surface area contributed by atoms with Crippen molar-refractivity contribution >= 4 is 21.4 Å². The quantitative estimate of drug-likeness (QED) is 0.201. The van der Waals surface area contributed by atoms with Crippen LogP contribution < -0.4 is 0 Å². The van der Waals surface area contributed by atoms with Crippen molar-refractivity contribution in [2.75, 3.05) is 0 Å². The zero-order valence-electron chi connectivity index (χ0n) is 24.4. The Labute approximate surface area is 269 Å². The molecule has 5 nitrogen and oxygen atoms in total. The fourth-order valence-corrected chi connectivity index (χ4v) is 8.78. The van der Waals surface area contributed by atoms with Crippen molar-refractivity contribution in [1.82, 2.24) is 24.9 Å². The predicted molar refractivity (Wildman–Crippen MR) is 183 cm³/mol. The Morgan fingerprint density at radius 3 is 1.67 bits per heavy atom. The number of thiophene rings is 1. The van der Waals surface area contributed by atoms with Crippen LogP contribution in [0.15, 0.2) is 140 Å². The van der Waals surface area contributed by atoms with Crippen LogP contribution in [0.3, 0.4) is 0 Å². The lowest BCUT2D eigenvalue weighted by Gasteiger charge is -2.30. The lowest BCUT2D eigenvalue weighted by molar-refractivity contribution is 0.802. The minimum absolute atomic E-state index is 0.406. The maximum Gasteiger partial charge on any atom is 0.165 e. The third-order valence-electron chi connectivity index (χ3n) is 9.32. The van der Waals surface area contributed by atoms with Crippen LogP contribution in [-0.4, -0.2) is 24.9 Å². The van der Waals surface area contributed by atoms with Gasteiger partial charge in [0.1, 0.15) is 0 Å². The van der Waals surface area contributed by atoms with Crippen molar-refractivity contribution < 1.29 is 0 Å². The van der Waals surface area contributed by atoms with Gasteiger partial charge in [-0.05, 0) is 80.7 Å². The molecule has 1 spiro atoms. The normalized spacial score (nSPS) is 13.4. The van der Waals surface area contributed by atoms with Crippen molar-refractivity contribution in [3.8, 4) is 55.7 Å². The van der Waals surface area contributed by atoms with Gasteiger partial charge in [0, 0.05) is 51.1 Å². The number of fused-ring (bicyclic) bond motifs is 12. The molecule has 0 amide bonds. The highest BCUT2D eigenvalue weighted by molar-refractivity contribution is 7.22. The molecule has 4 heterocycles. The van der Waals surface area contributed by atoms with Gasteiger partial charge in [0.05, 0.1) is 5.41 Å². The van der Waals surface area contributed by atoms with E-state index in [9.17, 15) is 0 Å². The molecule has 8 aromatic rings. The molecule has 4 aromatic heterocycles. The molecule has 46 heavy (non-hydrogen) atoms. The van der Waals surface area contributed by atoms with E-state index < -0.39 is 5.41 Å². The van der Waals surface area contributed by atoms with Crippen LogP contribution in [-0.2, 0) is 5.41 Å². The van der Waals surface area contributed by atoms with Gasteiger partial charge in [-0.15, -0.1) is 11.3 Å². The maximum atomic E-state index is 5.01. The average molecular weight is 606 g/mol. The first-order valence-corrected chi connectivity index (χ1v) is 16.1. The SMILES string of the molecule is c1cncc(-c2nc(-c3cccnc3)nc(-c3ccc4c(c3)-c3sc5ccccc5c3C43c4ccccc4-c4ccccc43)n2)c1. The summed E-state index contributed by atoms with van der Waals surface area (Å²) in [5, 5.41) is 1.31. The maximum absolute atomic E-state index is 5.01. The molecule has 0 N–H and O–H groups in total. The van der Waals surface area contributed by atoms with Crippen molar-refractivity contribution in [2.45, 2.75) is 5.41 Å². The number of hydrogen-bond acceptors (Lipinski definition) is 6. The topological polar surface area (TPSA) is 64.5 Å². The first-order valence-electron chi connectivity index (χ1n) is 15.2. The molecule has 6 heteroatoms. The number of rotatable bonds is 3. The minimum Gasteiger partial charge on any atom is -0.264 e. The minimum atomic E-state index is -0.406. The summed E-state index contributed by atoms with van der Waals surface area (Å²) in [4.78, 5) is 24.8. The van der Waals surface area contributed by atoms with Gasteiger partial charge < -0.3 is 0 Å². The van der Waals surface area contributed by atoms with E-state index in [1.165, 1.54) is 53.9 Å². The molecule has 0 aliphatic heterocycles. The Morgan fingerprint density at radius 1 is 0.478 bits per heavy atom. The molecule has 214 valence electrons. The highest BCUT2D eigenvalue weighted by Gasteiger charge is 2.53. The third-order valence-corrected chi connectivity index (χ3v) is 10.5. The van der Waals surface area contributed by atoms with Gasteiger partial charge in [0.15, 0.2) is 17.5 Å². The van der Waals surface area contributed by atoms with Gasteiger partial charge >= 0.3 is 0 Å². The van der Waals surface area contributed by atoms with Crippen LogP contribution in [0.2, 0.25) is 0 Å². The fourth-order valence-electron chi connectivity index (χ4n) is 7.49. The van der Waals surface area contributed by atoms with Crippen LogP contribution in [0.5, 0.6) is 0 Å². The summed E-state index contributed by atoms with van der Waals surface area (Å²) in [5.41, 5.74) is 11.4. The second kappa shape index (κ2) is 9.57. The van der Waals surface area contributed by atoms with E-state index in [4.69, 9.17) is 15.0 Å². The predicted octanol–water partition coefficient (Wildman–Crippen LogP) is 9.22. The second-order valence-corrected chi connectivity index (χ2v) is 12.7. The molecular formula is C40H23N5S. The molecule has 10 rings (SSSR count). The van der Waals surface area contributed by atoms with E-state index in [1.807, 2.05) is 35.6 Å². The van der Waals surface area contributed by atoms with Gasteiger partial charge in [-0.2, -0.15) is 0 Å². The largest absolute Gasteiger partial charge is 0.264 e. The van der Waals surface area contributed by atoms with Crippen LogP contribution in [0, 0.1) is 0 Å². The smallest absolute Gasteiger partial charge is 0.165 e. The summed E-state index contributed by atoms with van der Waals surface area (Å²) in [5.74, 6) is 1.77. The number of benzene rings is 4. The molecule has 0 radical (unpaired) electrons. The van der Waals surface area contributed by atoms with Gasteiger partial charge in [0.25, 0.3) is 0 Å². The zero-order chi connectivity index (χ0) is 30.2. The summed E-state index contributed by atoms with van der Waals surface area (Å²) in [6, 6.07) is 41.2. The van der Waals surface area contributed by atoms with Gasteiger partial charge in [-0.25, -0.2) is 15.0 Å². The van der Waals surface area contributed by atoms with Crippen LogP contribution in [0.25, 0.3) is 65.8 Å². The molecule has 4 aromatic carbocycles. The van der Waals surface area contributed by atoms with Crippen molar-refractivity contribution in [3.63, 3.8) is 0 Å². The Kier molecular flexibility index (Phi) is 5.30. The summed E-state index contributed by atoms with van der Waals surface area (Å²) in [7, 11) is 0. The second-order valence-electron chi connectivity index (χ2n) is 11.7. The van der Waals surface area contributed by atoms with E-state index in [1.54, 1.807) is 24.8 Å². The third kappa shape index (κ3) is 3.42. The Morgan fingerprint density at radius 2 is 1.04 bits per heavy atom. The monoisotopic (exact) mass is 605 g/mol. The number of pyridine rings is 2. The summed E-state index contributed by atoms with van der Waals surface area (Å²) in [6.45, 7) is 0. The molecule has 0 atom stereocenters. The van der Waals surface area contributed by atoms with Gasteiger partial charge in [0.2, 0.25) is 0 Å². The van der Waals surface area contributed by atoms with E-state index in [0.29, 0.717) is 17.5 Å². The molecule has 0 unspecified atom stereocenters. The van der Waals surface area contributed by atoms with Crippen molar-refractivity contribution in [1.29, 1.82) is 0 Å². The number of aromatic nitrogens is 5. The number of nitrogens with zero attached hydrogens (tertiary/aromatic N) is 5. The van der Waals surface area contributed by atoms with E-state index >= 15 is 0 Å². The fraction of sp³-hybridized carbons (Fsp3) is 0.0250. The molecule has 2 aliphatic rings. The Bertz CT molecular complexity index is 2380. The molecule has 0 saturated heterocycles. The van der Waals surface area contributed by atoms with E-state index in [-0.39, 0.29) is 0 Å². The van der Waals surface area contributed by atoms with Gasteiger partial charge in [-0.1, -0.05) is 78.9 Å². The lowest BCUT2D eigenvalue weighted by Crippen LogP contribution is -2.25. The van der Waals surface area contributed by atoms with Crippen molar-refractivity contribution in [2.24, 2.45) is 0 Å². The highest BCUT2D eigenvalue weighted by atomic mass is 32.1. The van der Waals surface area contributed by atoms with Crippen LogP contribution in [0.4, 0.5) is 0 Å².